The maximum Gasteiger partial charge on any atom is 0.333 e. The van der Waals surface area contributed by atoms with Gasteiger partial charge in [-0.15, -0.1) is 0 Å². The standard InChI is InChI=1S/C43H55N3O13Si/c1-41(2,3)60(9,10)59-28(21-27-32-33(56-42(4,5)55-32)30(39(50)53-27)46-36(48)25-13-11-12-14-26(25)37(46)49)31-34-35(58-43(6,7)57-34)38(54-31)44-20-19-29(47)45(40(44)51)22-23-15-17-24(52-8)18-16-23/h11-20,27-28,30-35,38-39,50H,21-22H2,1-10H3/t27-,28-,30-,31-,32+,33-,34-,35-,38-,39-/m1/s1. The minimum atomic E-state index is -2.63. The van der Waals surface area contributed by atoms with Gasteiger partial charge in [0, 0.05) is 18.7 Å². The molecular weight excluding hydrogens is 795 g/mol. The molecule has 2 amide bonds. The van der Waals surface area contributed by atoms with Gasteiger partial charge in [-0.1, -0.05) is 45.0 Å². The van der Waals surface area contributed by atoms with E-state index < -0.39 is 104 Å². The van der Waals surface area contributed by atoms with Gasteiger partial charge in [-0.25, -0.2) is 4.79 Å². The van der Waals surface area contributed by atoms with E-state index in [1.54, 1.807) is 83.3 Å². The third-order valence-electron chi connectivity index (χ3n) is 12.6. The predicted octanol–water partition coefficient (Wildman–Crippen LogP) is 4.17. The Bertz CT molecular complexity index is 2230. The molecule has 3 aromatic rings. The third-order valence-corrected chi connectivity index (χ3v) is 17.1. The van der Waals surface area contributed by atoms with Gasteiger partial charge in [0.05, 0.1) is 37.0 Å². The highest BCUT2D eigenvalue weighted by molar-refractivity contribution is 6.74. The molecule has 4 fully saturated rings. The van der Waals surface area contributed by atoms with Gasteiger partial charge in [-0.2, -0.15) is 0 Å². The number of benzene rings is 2. The van der Waals surface area contributed by atoms with Crippen LogP contribution in [0.3, 0.4) is 0 Å². The largest absolute Gasteiger partial charge is 0.497 e. The van der Waals surface area contributed by atoms with Gasteiger partial charge in [-0.3, -0.25) is 28.4 Å². The van der Waals surface area contributed by atoms with Crippen molar-refractivity contribution in [2.45, 2.75) is 152 Å². The molecule has 0 unspecified atom stereocenters. The maximum absolute atomic E-state index is 14.3. The van der Waals surface area contributed by atoms with E-state index in [0.717, 1.165) is 15.0 Å². The number of carbonyl (C=O) groups excluding carboxylic acids is 2. The molecule has 0 spiro atoms. The summed E-state index contributed by atoms with van der Waals surface area (Å²) in [6.07, 6.45) is -7.09. The zero-order chi connectivity index (χ0) is 43.3. The zero-order valence-corrected chi connectivity index (χ0v) is 36.6. The average Bonchev–Trinajstić information content (AvgIpc) is 3.86. The molecule has 17 heteroatoms. The summed E-state index contributed by atoms with van der Waals surface area (Å²) in [4.78, 5) is 55.9. The number of carbonyl (C=O) groups is 2. The van der Waals surface area contributed by atoms with Crippen LogP contribution in [0, 0.1) is 0 Å². The van der Waals surface area contributed by atoms with E-state index in [1.807, 2.05) is 0 Å². The van der Waals surface area contributed by atoms with Crippen molar-refractivity contribution in [1.29, 1.82) is 0 Å². The van der Waals surface area contributed by atoms with Gasteiger partial charge in [0.15, 0.2) is 32.4 Å². The van der Waals surface area contributed by atoms with E-state index in [1.165, 1.54) is 16.8 Å². The Hall–Kier alpha value is -4.04. The van der Waals surface area contributed by atoms with E-state index in [-0.39, 0.29) is 29.1 Å². The van der Waals surface area contributed by atoms with Gasteiger partial charge in [0.1, 0.15) is 42.3 Å². The van der Waals surface area contributed by atoms with Crippen LogP contribution in [0.1, 0.15) is 87.4 Å². The third kappa shape index (κ3) is 7.51. The van der Waals surface area contributed by atoms with Crippen molar-refractivity contribution in [3.8, 4) is 5.75 Å². The Morgan fingerprint density at radius 1 is 0.800 bits per heavy atom. The number of nitrogens with zero attached hydrogens (tertiary/aromatic N) is 3. The number of methoxy groups -OCH3 is 1. The van der Waals surface area contributed by atoms with E-state index >= 15 is 0 Å². The Balaban J connectivity index is 1.14. The summed E-state index contributed by atoms with van der Waals surface area (Å²) in [5.41, 5.74) is 0.102. The number of ether oxygens (including phenoxy) is 7. The molecule has 16 nitrogen and oxygen atoms in total. The summed E-state index contributed by atoms with van der Waals surface area (Å²) < 4.78 is 54.2. The molecule has 10 atom stereocenters. The molecule has 324 valence electrons. The van der Waals surface area contributed by atoms with Crippen molar-refractivity contribution >= 4 is 20.1 Å². The molecule has 5 aliphatic rings. The van der Waals surface area contributed by atoms with Crippen LogP contribution >= 0.6 is 0 Å². The first-order chi connectivity index (χ1) is 28.1. The predicted molar refractivity (Wildman–Crippen MR) is 217 cm³/mol. The minimum absolute atomic E-state index is 0.0106. The van der Waals surface area contributed by atoms with Gasteiger partial charge in [0.25, 0.3) is 17.4 Å². The van der Waals surface area contributed by atoms with Crippen molar-refractivity contribution in [2.24, 2.45) is 0 Å². The van der Waals surface area contributed by atoms with E-state index in [2.05, 4.69) is 33.9 Å². The van der Waals surface area contributed by atoms with E-state index in [4.69, 9.17) is 37.6 Å². The average molecular weight is 850 g/mol. The smallest absolute Gasteiger partial charge is 0.333 e. The maximum atomic E-state index is 14.3. The Morgan fingerprint density at radius 2 is 1.38 bits per heavy atom. The van der Waals surface area contributed by atoms with Crippen LogP contribution in [0.15, 0.2) is 70.4 Å². The van der Waals surface area contributed by atoms with E-state index in [9.17, 15) is 24.3 Å². The molecule has 0 radical (unpaired) electrons. The lowest BCUT2D eigenvalue weighted by Gasteiger charge is -2.46. The SMILES string of the molecule is COc1ccc(Cn2c(=O)ccn([C@@H]3O[C@H]([C@@H](C[C@H]4O[C@@H](O)[C@H](N5C(=O)c6ccccc6C5=O)[C@H]5OC(C)(C)O[C@H]54)O[Si](C)(C)C(C)(C)C)[C@H]4OC(C)(C)O[C@H]43)c2=O)cc1. The lowest BCUT2D eigenvalue weighted by atomic mass is 9.90. The molecule has 8 rings (SSSR count). The van der Waals surface area contributed by atoms with Crippen LogP contribution in [0.25, 0.3) is 0 Å². The highest BCUT2D eigenvalue weighted by atomic mass is 28.4. The normalized spacial score (nSPS) is 31.2. The highest BCUT2D eigenvalue weighted by Crippen LogP contribution is 2.48. The number of rotatable bonds is 10. The highest BCUT2D eigenvalue weighted by Gasteiger charge is 2.63. The second-order valence-electron chi connectivity index (χ2n) is 18.6. The first kappa shape index (κ1) is 42.6. The van der Waals surface area contributed by atoms with Crippen molar-refractivity contribution in [3.63, 3.8) is 0 Å². The first-order valence-electron chi connectivity index (χ1n) is 20.4. The Labute approximate surface area is 349 Å². The fourth-order valence-corrected chi connectivity index (χ4v) is 10.1. The summed E-state index contributed by atoms with van der Waals surface area (Å²) in [6.45, 7) is 17.6. The van der Waals surface area contributed by atoms with Crippen LogP contribution in [0.5, 0.6) is 5.75 Å². The van der Waals surface area contributed by atoms with Crippen molar-refractivity contribution in [1.82, 2.24) is 14.0 Å². The summed E-state index contributed by atoms with van der Waals surface area (Å²) in [6, 6.07) is 13.7. The number of aromatic nitrogens is 2. The summed E-state index contributed by atoms with van der Waals surface area (Å²) in [7, 11) is -1.07. The van der Waals surface area contributed by atoms with Crippen molar-refractivity contribution in [3.05, 3.63) is 98.3 Å². The van der Waals surface area contributed by atoms with Crippen LogP contribution in [0.2, 0.25) is 18.1 Å². The molecule has 1 aromatic heterocycles. The van der Waals surface area contributed by atoms with Crippen LogP contribution < -0.4 is 16.0 Å². The van der Waals surface area contributed by atoms with Crippen molar-refractivity contribution in [2.75, 3.05) is 7.11 Å². The van der Waals surface area contributed by atoms with Crippen LogP contribution in [-0.2, 0) is 39.4 Å². The molecule has 0 bridgehead atoms. The molecule has 2 aromatic carbocycles. The number of aliphatic hydroxyl groups excluding tert-OH is 1. The molecule has 4 saturated heterocycles. The molecule has 1 N–H and O–H groups in total. The number of aliphatic hydroxyl groups is 1. The summed E-state index contributed by atoms with van der Waals surface area (Å²) in [5.74, 6) is -2.72. The van der Waals surface area contributed by atoms with Gasteiger partial charge in [-0.05, 0) is 75.7 Å². The molecule has 0 saturated carbocycles. The summed E-state index contributed by atoms with van der Waals surface area (Å²) in [5, 5.41) is 11.5. The zero-order valence-electron chi connectivity index (χ0n) is 35.6. The molecule has 5 aliphatic heterocycles. The monoisotopic (exact) mass is 849 g/mol. The van der Waals surface area contributed by atoms with Crippen molar-refractivity contribution < 1.29 is 52.3 Å². The second-order valence-corrected chi connectivity index (χ2v) is 23.4. The molecule has 60 heavy (non-hydrogen) atoms. The minimum Gasteiger partial charge on any atom is -0.497 e. The van der Waals surface area contributed by atoms with Gasteiger partial charge < -0.3 is 42.7 Å². The van der Waals surface area contributed by atoms with Crippen LogP contribution in [0.4, 0.5) is 0 Å². The fourth-order valence-electron chi connectivity index (χ4n) is 8.76. The second kappa shape index (κ2) is 15.1. The molecule has 6 heterocycles. The molecular formula is C43H55N3O13Si. The van der Waals surface area contributed by atoms with Gasteiger partial charge in [0.2, 0.25) is 0 Å². The number of hydrogen-bond donors (Lipinski definition) is 1. The summed E-state index contributed by atoms with van der Waals surface area (Å²) >= 11 is 0. The number of hydrogen-bond acceptors (Lipinski definition) is 13. The van der Waals surface area contributed by atoms with Gasteiger partial charge >= 0.3 is 5.69 Å². The quantitative estimate of drug-likeness (QED) is 0.228. The number of imide groups is 1. The Kier molecular flexibility index (Phi) is 10.7. The fraction of sp³-hybridized carbons (Fsp3) is 0.581. The molecule has 0 aliphatic carbocycles. The topological polar surface area (TPSA) is 175 Å². The van der Waals surface area contributed by atoms with E-state index in [0.29, 0.717) is 5.75 Å². The lowest BCUT2D eigenvalue weighted by molar-refractivity contribution is -0.245. The first-order valence-corrected chi connectivity index (χ1v) is 23.3. The lowest BCUT2D eigenvalue weighted by Crippen LogP contribution is -2.64. The number of amides is 2. The van der Waals surface area contributed by atoms with Crippen LogP contribution in [-0.4, -0.2) is 113 Å². The Morgan fingerprint density at radius 3 is 1.98 bits per heavy atom. The number of fused-ring (bicyclic) bond motifs is 3.